The van der Waals surface area contributed by atoms with E-state index in [0.717, 1.165) is 12.8 Å². The van der Waals surface area contributed by atoms with E-state index in [9.17, 15) is 5.11 Å². The first-order valence-electron chi connectivity index (χ1n) is 3.69. The minimum Gasteiger partial charge on any atom is -0.363 e. The van der Waals surface area contributed by atoms with Gasteiger partial charge < -0.3 is 5.11 Å². The minimum atomic E-state index is -1.12. The third-order valence-corrected chi connectivity index (χ3v) is 1.67. The third kappa shape index (κ3) is 3.15. The van der Waals surface area contributed by atoms with E-state index in [0.29, 0.717) is 6.42 Å². The summed E-state index contributed by atoms with van der Waals surface area (Å²) in [6, 6.07) is 0. The minimum absolute atomic E-state index is 0.635. The second-order valence-corrected chi connectivity index (χ2v) is 2.88. The highest BCUT2D eigenvalue weighted by Gasteiger charge is 2.21. The molecular weight excluding hydrogens is 128 g/mol. The largest absolute Gasteiger partial charge is 0.363 e. The van der Waals surface area contributed by atoms with Crippen molar-refractivity contribution in [3.05, 3.63) is 0 Å². The smallest absolute Gasteiger partial charge is 0.171 e. The van der Waals surface area contributed by atoms with Crippen LogP contribution in [-0.2, 0) is 0 Å². The van der Waals surface area contributed by atoms with E-state index in [1.807, 2.05) is 0 Å². The van der Waals surface area contributed by atoms with Crippen molar-refractivity contribution in [1.29, 1.82) is 0 Å². The lowest BCUT2D eigenvalue weighted by Gasteiger charge is -2.30. The molecule has 0 fully saturated rings. The Labute approximate surface area is 62.8 Å². The van der Waals surface area contributed by atoms with Gasteiger partial charge in [0.1, 0.15) is 0 Å². The topological polar surface area (TPSA) is 49.5 Å². The normalized spacial score (nSPS) is 17.4. The quantitative estimate of drug-likeness (QED) is 0.562. The van der Waals surface area contributed by atoms with Gasteiger partial charge in [-0.05, 0) is 20.5 Å². The van der Waals surface area contributed by atoms with Crippen LogP contribution in [0.3, 0.4) is 0 Å². The van der Waals surface area contributed by atoms with Crippen molar-refractivity contribution < 1.29 is 5.11 Å². The molecule has 0 bridgehead atoms. The molecule has 0 aromatic rings. The van der Waals surface area contributed by atoms with E-state index in [2.05, 4.69) is 6.92 Å². The van der Waals surface area contributed by atoms with Crippen molar-refractivity contribution in [2.24, 2.45) is 5.73 Å². The van der Waals surface area contributed by atoms with Gasteiger partial charge in [-0.1, -0.05) is 13.3 Å². The van der Waals surface area contributed by atoms with Crippen molar-refractivity contribution in [3.8, 4) is 0 Å². The lowest BCUT2D eigenvalue weighted by Crippen LogP contribution is -2.52. The van der Waals surface area contributed by atoms with Crippen molar-refractivity contribution >= 4 is 0 Å². The van der Waals surface area contributed by atoms with Gasteiger partial charge in [0.15, 0.2) is 5.85 Å². The van der Waals surface area contributed by atoms with Gasteiger partial charge in [0.2, 0.25) is 0 Å². The van der Waals surface area contributed by atoms with Crippen LogP contribution in [0.2, 0.25) is 0 Å². The SMILES string of the molecule is CCCCC(N)(O)N(C)C. The Balaban J connectivity index is 3.63. The molecule has 0 aromatic carbocycles. The summed E-state index contributed by atoms with van der Waals surface area (Å²) in [4.78, 5) is 1.63. The van der Waals surface area contributed by atoms with Gasteiger partial charge in [0.05, 0.1) is 0 Å². The van der Waals surface area contributed by atoms with E-state index in [-0.39, 0.29) is 0 Å². The number of nitrogens with two attached hydrogens (primary N) is 1. The Morgan fingerprint density at radius 3 is 2.30 bits per heavy atom. The molecule has 3 N–H and O–H groups in total. The van der Waals surface area contributed by atoms with Gasteiger partial charge in [0.25, 0.3) is 0 Å². The molecule has 0 spiro atoms. The van der Waals surface area contributed by atoms with Crippen LogP contribution < -0.4 is 5.73 Å². The number of nitrogens with zero attached hydrogens (tertiary/aromatic N) is 1. The summed E-state index contributed by atoms with van der Waals surface area (Å²) in [7, 11) is 3.55. The molecule has 0 saturated heterocycles. The van der Waals surface area contributed by atoms with Crippen LogP contribution in [0.4, 0.5) is 0 Å². The highest BCUT2D eigenvalue weighted by Crippen LogP contribution is 2.09. The molecule has 0 heterocycles. The molecule has 0 radical (unpaired) electrons. The van der Waals surface area contributed by atoms with Gasteiger partial charge in [-0.2, -0.15) is 0 Å². The first-order valence-corrected chi connectivity index (χ1v) is 3.69. The summed E-state index contributed by atoms with van der Waals surface area (Å²) in [6.45, 7) is 2.08. The summed E-state index contributed by atoms with van der Waals surface area (Å²) >= 11 is 0. The maximum Gasteiger partial charge on any atom is 0.171 e. The van der Waals surface area contributed by atoms with Crippen LogP contribution in [-0.4, -0.2) is 30.0 Å². The highest BCUT2D eigenvalue weighted by atomic mass is 16.3. The molecule has 0 aliphatic carbocycles. The fourth-order valence-corrected chi connectivity index (χ4v) is 0.661. The second kappa shape index (κ2) is 3.91. The molecule has 3 heteroatoms. The molecule has 0 aliphatic heterocycles. The molecule has 0 aliphatic rings. The average molecular weight is 146 g/mol. The zero-order valence-electron chi connectivity index (χ0n) is 7.09. The number of aliphatic hydroxyl groups is 1. The highest BCUT2D eigenvalue weighted by molar-refractivity contribution is 4.65. The van der Waals surface area contributed by atoms with Crippen molar-refractivity contribution in [2.75, 3.05) is 14.1 Å². The number of rotatable bonds is 4. The molecular formula is C7H18N2O. The lowest BCUT2D eigenvalue weighted by atomic mass is 10.2. The van der Waals surface area contributed by atoms with Crippen molar-refractivity contribution in [3.63, 3.8) is 0 Å². The molecule has 62 valence electrons. The van der Waals surface area contributed by atoms with Crippen LogP contribution in [0, 0.1) is 0 Å². The predicted molar refractivity (Wildman–Crippen MR) is 42.3 cm³/mol. The standard InChI is InChI=1S/C7H18N2O/c1-4-5-6-7(8,10)9(2)3/h10H,4-6,8H2,1-3H3. The Morgan fingerprint density at radius 2 is 2.00 bits per heavy atom. The van der Waals surface area contributed by atoms with Crippen LogP contribution in [0.1, 0.15) is 26.2 Å². The van der Waals surface area contributed by atoms with Crippen LogP contribution in [0.5, 0.6) is 0 Å². The average Bonchev–Trinajstić information content (AvgIpc) is 1.84. The zero-order valence-corrected chi connectivity index (χ0v) is 7.09. The molecule has 0 amide bonds. The summed E-state index contributed by atoms with van der Waals surface area (Å²) < 4.78 is 0. The van der Waals surface area contributed by atoms with E-state index >= 15 is 0 Å². The van der Waals surface area contributed by atoms with E-state index in [4.69, 9.17) is 5.73 Å². The maximum atomic E-state index is 9.43. The molecule has 0 rings (SSSR count). The molecule has 10 heavy (non-hydrogen) atoms. The Kier molecular flexibility index (Phi) is 3.86. The van der Waals surface area contributed by atoms with Crippen LogP contribution in [0.15, 0.2) is 0 Å². The number of hydrogen-bond donors (Lipinski definition) is 2. The van der Waals surface area contributed by atoms with Crippen molar-refractivity contribution in [1.82, 2.24) is 4.90 Å². The van der Waals surface area contributed by atoms with Crippen LogP contribution in [0.25, 0.3) is 0 Å². The Hall–Kier alpha value is -0.120. The fourth-order valence-electron chi connectivity index (χ4n) is 0.661. The summed E-state index contributed by atoms with van der Waals surface area (Å²) in [6.07, 6.45) is 2.66. The van der Waals surface area contributed by atoms with Gasteiger partial charge in [-0.25, -0.2) is 0 Å². The van der Waals surface area contributed by atoms with E-state index in [1.165, 1.54) is 0 Å². The predicted octanol–water partition coefficient (Wildman–Crippen LogP) is 0.343. The summed E-state index contributed by atoms with van der Waals surface area (Å²) in [5, 5.41) is 9.43. The lowest BCUT2D eigenvalue weighted by molar-refractivity contribution is -0.0844. The monoisotopic (exact) mass is 146 g/mol. The third-order valence-electron chi connectivity index (χ3n) is 1.67. The molecule has 3 nitrogen and oxygen atoms in total. The molecule has 0 saturated carbocycles. The van der Waals surface area contributed by atoms with E-state index in [1.54, 1.807) is 19.0 Å². The maximum absolute atomic E-state index is 9.43. The van der Waals surface area contributed by atoms with Gasteiger partial charge >= 0.3 is 0 Å². The van der Waals surface area contributed by atoms with Crippen LogP contribution >= 0.6 is 0 Å². The number of unbranched alkanes of at least 4 members (excludes halogenated alkanes) is 1. The van der Waals surface area contributed by atoms with Gasteiger partial charge in [-0.3, -0.25) is 10.6 Å². The molecule has 1 atom stereocenters. The Bertz CT molecular complexity index is 91.6. The number of hydrogen-bond acceptors (Lipinski definition) is 3. The Morgan fingerprint density at radius 1 is 1.50 bits per heavy atom. The van der Waals surface area contributed by atoms with E-state index < -0.39 is 5.85 Å². The van der Waals surface area contributed by atoms with Gasteiger partial charge in [0, 0.05) is 6.42 Å². The van der Waals surface area contributed by atoms with Gasteiger partial charge in [-0.15, -0.1) is 0 Å². The first-order chi connectivity index (χ1) is 4.50. The summed E-state index contributed by atoms with van der Waals surface area (Å²) in [5.41, 5.74) is 5.53. The zero-order chi connectivity index (χ0) is 8.20. The summed E-state index contributed by atoms with van der Waals surface area (Å²) in [5.74, 6) is -1.12. The molecule has 0 aromatic heterocycles. The van der Waals surface area contributed by atoms with Crippen molar-refractivity contribution in [2.45, 2.75) is 32.0 Å². The second-order valence-electron chi connectivity index (χ2n) is 2.88. The first kappa shape index (κ1) is 9.88. The fraction of sp³-hybridized carbons (Fsp3) is 1.00. The molecule has 1 unspecified atom stereocenters.